The Morgan fingerprint density at radius 2 is 1.54 bits per heavy atom. The Labute approximate surface area is 221 Å². The number of carbonyl (C=O) groups is 1. The lowest BCUT2D eigenvalue weighted by molar-refractivity contribution is -0.716. The SMILES string of the molecule is CC1C(C(=O)N2CCCCC2)C2CC(C3CCN(S(=O)(=O)c4ccc(N(C)C)cc4)CC3)CCN2[N+]1=O. The van der Waals surface area contributed by atoms with Crippen molar-refractivity contribution in [2.75, 3.05) is 51.7 Å². The van der Waals surface area contributed by atoms with Crippen molar-refractivity contribution in [3.8, 4) is 0 Å². The average Bonchev–Trinajstić information content (AvgIpc) is 3.17. The van der Waals surface area contributed by atoms with Crippen molar-refractivity contribution in [1.29, 1.82) is 0 Å². The molecule has 0 aromatic heterocycles. The van der Waals surface area contributed by atoms with Crippen molar-refractivity contribution < 1.29 is 18.1 Å². The molecule has 4 atom stereocenters. The van der Waals surface area contributed by atoms with Gasteiger partial charge in [0.1, 0.15) is 16.8 Å². The third kappa shape index (κ3) is 4.99. The van der Waals surface area contributed by atoms with E-state index in [9.17, 15) is 18.1 Å². The average molecular weight is 533 g/mol. The number of hydrogen-bond donors (Lipinski definition) is 0. The zero-order valence-corrected chi connectivity index (χ0v) is 23.3. The lowest BCUT2D eigenvalue weighted by Gasteiger charge is -2.40. The summed E-state index contributed by atoms with van der Waals surface area (Å²) >= 11 is 0. The highest BCUT2D eigenvalue weighted by molar-refractivity contribution is 7.89. The molecule has 0 radical (unpaired) electrons. The summed E-state index contributed by atoms with van der Waals surface area (Å²) in [7, 11) is 0.360. The first-order chi connectivity index (χ1) is 17.7. The zero-order chi connectivity index (χ0) is 26.3. The van der Waals surface area contributed by atoms with Crippen LogP contribution in [0.3, 0.4) is 0 Å². The van der Waals surface area contributed by atoms with E-state index >= 15 is 0 Å². The maximum absolute atomic E-state index is 13.5. The van der Waals surface area contributed by atoms with Gasteiger partial charge in [0.25, 0.3) is 0 Å². The predicted molar refractivity (Wildman–Crippen MR) is 142 cm³/mol. The van der Waals surface area contributed by atoms with Crippen LogP contribution in [0.5, 0.6) is 0 Å². The summed E-state index contributed by atoms with van der Waals surface area (Å²) in [6, 6.07) is 6.71. The first-order valence-electron chi connectivity index (χ1n) is 14.0. The Kier molecular flexibility index (Phi) is 7.51. The van der Waals surface area contributed by atoms with E-state index < -0.39 is 10.0 Å². The van der Waals surface area contributed by atoms with Gasteiger partial charge in [0, 0.05) is 52.9 Å². The van der Waals surface area contributed by atoms with Crippen LogP contribution in [0.25, 0.3) is 0 Å². The lowest BCUT2D eigenvalue weighted by Crippen LogP contribution is -2.50. The smallest absolute Gasteiger partial charge is 0.245 e. The van der Waals surface area contributed by atoms with Gasteiger partial charge in [0.15, 0.2) is 0 Å². The van der Waals surface area contributed by atoms with Crippen molar-refractivity contribution in [3.63, 3.8) is 0 Å². The fraction of sp³-hybridized carbons (Fsp3) is 0.741. The Morgan fingerprint density at radius 3 is 2.16 bits per heavy atom. The highest BCUT2D eigenvalue weighted by atomic mass is 32.2. The minimum atomic E-state index is -3.51. The summed E-state index contributed by atoms with van der Waals surface area (Å²) in [5.41, 5.74) is 0.971. The number of nitroso groups, excluding NO2 is 1. The van der Waals surface area contributed by atoms with Gasteiger partial charge >= 0.3 is 0 Å². The molecule has 9 nitrogen and oxygen atoms in total. The fourth-order valence-electron chi connectivity index (χ4n) is 7.06. The number of benzene rings is 1. The Morgan fingerprint density at radius 1 is 0.919 bits per heavy atom. The molecule has 37 heavy (non-hydrogen) atoms. The van der Waals surface area contributed by atoms with Crippen LogP contribution in [0.15, 0.2) is 29.2 Å². The number of fused-ring (bicyclic) bond motifs is 1. The summed E-state index contributed by atoms with van der Waals surface area (Å²) in [5.74, 6) is 0.721. The predicted octanol–water partition coefficient (Wildman–Crippen LogP) is 2.96. The molecule has 5 rings (SSSR count). The second-order valence-electron chi connectivity index (χ2n) is 11.6. The van der Waals surface area contributed by atoms with Crippen LogP contribution in [-0.4, -0.2) is 92.3 Å². The van der Waals surface area contributed by atoms with Crippen LogP contribution in [0.4, 0.5) is 5.69 Å². The standard InChI is InChI=1S/C27H42N5O4S/c1-20-26(27(33)29-14-5-4-6-15-29)25-19-22(13-18-31(25)32(20)34)21-11-16-30(17-12-21)37(35,36)24-9-7-23(8-10-24)28(2)3/h7-10,20-22,25-26H,4-6,11-19H2,1-3H3/q+1. The number of likely N-dealkylation sites (tertiary alicyclic amines) is 1. The van der Waals surface area contributed by atoms with Crippen molar-refractivity contribution in [1.82, 2.24) is 14.2 Å². The van der Waals surface area contributed by atoms with Gasteiger partial charge in [-0.05, 0) is 81.0 Å². The molecule has 204 valence electrons. The molecule has 10 heteroatoms. The molecule has 1 aromatic carbocycles. The minimum Gasteiger partial charge on any atom is -0.378 e. The van der Waals surface area contributed by atoms with E-state index in [-0.39, 0.29) is 23.9 Å². The molecule has 4 fully saturated rings. The number of amides is 1. The lowest BCUT2D eigenvalue weighted by atomic mass is 9.74. The topological polar surface area (TPSA) is 84.2 Å². The molecule has 0 spiro atoms. The molecule has 4 saturated heterocycles. The van der Waals surface area contributed by atoms with Crippen molar-refractivity contribution >= 4 is 21.6 Å². The van der Waals surface area contributed by atoms with E-state index in [1.807, 2.05) is 48.0 Å². The molecule has 4 aliphatic heterocycles. The molecular formula is C27H42N5O4S+. The van der Waals surface area contributed by atoms with Gasteiger partial charge in [-0.3, -0.25) is 4.79 Å². The second kappa shape index (κ2) is 10.5. The summed E-state index contributed by atoms with van der Waals surface area (Å²) in [6.45, 7) is 5.25. The Balaban J connectivity index is 1.23. The van der Waals surface area contributed by atoms with Gasteiger partial charge in [-0.2, -0.15) is 4.31 Å². The summed E-state index contributed by atoms with van der Waals surface area (Å²) in [6.07, 6.45) is 6.69. The number of anilines is 1. The van der Waals surface area contributed by atoms with Gasteiger partial charge in [-0.25, -0.2) is 8.42 Å². The van der Waals surface area contributed by atoms with Gasteiger partial charge in [-0.1, -0.05) is 0 Å². The zero-order valence-electron chi connectivity index (χ0n) is 22.5. The molecule has 0 N–H and O–H groups in total. The first kappa shape index (κ1) is 26.4. The van der Waals surface area contributed by atoms with Gasteiger partial charge in [0.2, 0.25) is 22.0 Å². The number of hydrazine groups is 1. The molecule has 1 amide bonds. The maximum Gasteiger partial charge on any atom is 0.245 e. The summed E-state index contributed by atoms with van der Waals surface area (Å²) < 4.78 is 28.2. The van der Waals surface area contributed by atoms with Crippen LogP contribution >= 0.6 is 0 Å². The van der Waals surface area contributed by atoms with Gasteiger partial charge < -0.3 is 9.80 Å². The molecule has 4 aliphatic rings. The monoisotopic (exact) mass is 532 g/mol. The van der Waals surface area contributed by atoms with E-state index in [1.165, 1.54) is 6.42 Å². The van der Waals surface area contributed by atoms with Crippen molar-refractivity contribution in [3.05, 3.63) is 29.2 Å². The number of carbonyl (C=O) groups excluding carboxylic acids is 1. The number of hydrogen-bond acceptors (Lipinski definition) is 5. The van der Waals surface area contributed by atoms with Gasteiger partial charge in [0.05, 0.1) is 16.3 Å². The normalized spacial score (nSPS) is 29.9. The van der Waals surface area contributed by atoms with E-state index in [0.717, 1.165) is 62.2 Å². The largest absolute Gasteiger partial charge is 0.378 e. The molecule has 0 saturated carbocycles. The number of nitrogens with zero attached hydrogens (tertiary/aromatic N) is 5. The van der Waals surface area contributed by atoms with Crippen LogP contribution in [-0.2, 0) is 14.8 Å². The molecule has 4 unspecified atom stereocenters. The molecule has 1 aromatic rings. The van der Waals surface area contributed by atoms with E-state index in [2.05, 4.69) is 0 Å². The first-order valence-corrected chi connectivity index (χ1v) is 15.4. The highest BCUT2D eigenvalue weighted by Gasteiger charge is 2.59. The highest BCUT2D eigenvalue weighted by Crippen LogP contribution is 2.42. The quantitative estimate of drug-likeness (QED) is 0.542. The Hall–Kier alpha value is -2.20. The maximum atomic E-state index is 13.5. The van der Waals surface area contributed by atoms with Crippen LogP contribution in [0, 0.1) is 22.7 Å². The third-order valence-corrected chi connectivity index (χ3v) is 11.2. The van der Waals surface area contributed by atoms with Crippen LogP contribution < -0.4 is 4.90 Å². The van der Waals surface area contributed by atoms with E-state index in [1.54, 1.807) is 16.4 Å². The van der Waals surface area contributed by atoms with Gasteiger partial charge in [-0.15, -0.1) is 5.01 Å². The number of sulfonamides is 1. The number of piperidine rings is 3. The molecule has 0 aliphatic carbocycles. The fourth-order valence-corrected chi connectivity index (χ4v) is 8.53. The molecule has 4 heterocycles. The number of rotatable bonds is 5. The summed E-state index contributed by atoms with van der Waals surface area (Å²) in [4.78, 5) is 31.8. The van der Waals surface area contributed by atoms with Crippen molar-refractivity contribution in [2.45, 2.75) is 68.8 Å². The Bertz CT molecular complexity index is 1090. The van der Waals surface area contributed by atoms with E-state index in [0.29, 0.717) is 36.4 Å². The molecular weight excluding hydrogens is 490 g/mol. The van der Waals surface area contributed by atoms with E-state index in [4.69, 9.17) is 0 Å². The van der Waals surface area contributed by atoms with Crippen LogP contribution in [0.1, 0.15) is 51.9 Å². The minimum absolute atomic E-state index is 0.0438. The van der Waals surface area contributed by atoms with Crippen molar-refractivity contribution in [2.24, 2.45) is 17.8 Å². The third-order valence-electron chi connectivity index (χ3n) is 9.30. The van der Waals surface area contributed by atoms with Crippen LogP contribution in [0.2, 0.25) is 0 Å². The second-order valence-corrected chi connectivity index (χ2v) is 13.5. The molecule has 0 bridgehead atoms. The summed E-state index contributed by atoms with van der Waals surface area (Å²) in [5, 5.41) is 1.91.